The van der Waals surface area contributed by atoms with Crippen LogP contribution in [0.1, 0.15) is 37.1 Å². The van der Waals surface area contributed by atoms with Gasteiger partial charge < -0.3 is 10.6 Å². The average molecular weight is 983 g/mol. The number of anilines is 2. The van der Waals surface area contributed by atoms with Crippen LogP contribution in [-0.4, -0.2) is 75.7 Å². The van der Waals surface area contributed by atoms with E-state index in [0.29, 0.717) is 68.7 Å². The molecule has 0 aliphatic heterocycles. The fourth-order valence-corrected chi connectivity index (χ4v) is 8.10. The first-order chi connectivity index (χ1) is 34.6. The summed E-state index contributed by atoms with van der Waals surface area (Å²) in [5.41, 5.74) is 6.09. The zero-order chi connectivity index (χ0) is 49.3. The fourth-order valence-electron chi connectivity index (χ4n) is 7.31. The van der Waals surface area contributed by atoms with Crippen molar-refractivity contribution in [3.05, 3.63) is 193 Å². The molecule has 6 aromatic heterocycles. The van der Waals surface area contributed by atoms with Gasteiger partial charge in [0.25, 0.3) is 0 Å². The van der Waals surface area contributed by atoms with Crippen LogP contribution < -0.4 is 10.6 Å². The Bertz CT molecular complexity index is 3420. The number of nitrogens with one attached hydrogen (secondary N) is 2. The molecule has 6 heterocycles. The maximum absolute atomic E-state index is 13.6. The van der Waals surface area contributed by atoms with Gasteiger partial charge in [-0.3, -0.25) is 13.3 Å². The zero-order valence-corrected chi connectivity index (χ0v) is 40.3. The van der Waals surface area contributed by atoms with Crippen LogP contribution >= 0.6 is 11.8 Å². The molecule has 0 fully saturated rings. The van der Waals surface area contributed by atoms with Gasteiger partial charge in [0, 0.05) is 54.6 Å². The van der Waals surface area contributed by atoms with E-state index in [1.807, 2.05) is 84.6 Å². The number of nitrogens with zero attached hydrogens (tertiary/aromatic N) is 12. The Kier molecular flexibility index (Phi) is 14.7. The van der Waals surface area contributed by atoms with Crippen molar-refractivity contribution >= 4 is 34.5 Å². The summed E-state index contributed by atoms with van der Waals surface area (Å²) in [6, 6.07) is 39.5. The SMILES string of the molecule is CSc1nccc(-c2cn(-c3ccnc(N[C@@H](C)c4ccccc4)n3)c(-c3ccc(F)cc3)n2)n1.C[C@H](Nc1nccc(-n2cc(-c3ccnc(S(C)=O)n3)nc2-c2ccc(F)cc2)n1)c1ccccc1. The molecule has 2 N–H and O–H groups in total. The van der Waals surface area contributed by atoms with E-state index in [1.165, 1.54) is 42.3 Å². The van der Waals surface area contributed by atoms with Crippen LogP contribution in [-0.2, 0) is 10.8 Å². The number of halogens is 2. The second-order valence-corrected chi connectivity index (χ2v) is 17.8. The lowest BCUT2D eigenvalue weighted by Crippen LogP contribution is -2.10. The molecule has 15 nitrogen and oxygen atoms in total. The monoisotopic (exact) mass is 982 g/mol. The maximum atomic E-state index is 13.6. The van der Waals surface area contributed by atoms with Gasteiger partial charge in [0.05, 0.1) is 34.3 Å². The van der Waals surface area contributed by atoms with E-state index < -0.39 is 10.8 Å². The molecule has 0 radical (unpaired) electrons. The lowest BCUT2D eigenvalue weighted by Gasteiger charge is -2.15. The lowest BCUT2D eigenvalue weighted by molar-refractivity contribution is 0.627. The van der Waals surface area contributed by atoms with Crippen molar-refractivity contribution in [2.24, 2.45) is 0 Å². The van der Waals surface area contributed by atoms with E-state index >= 15 is 0 Å². The number of imidazole rings is 2. The van der Waals surface area contributed by atoms with Crippen LogP contribution in [0.2, 0.25) is 0 Å². The summed E-state index contributed by atoms with van der Waals surface area (Å²) in [5.74, 6) is 2.65. The normalized spacial score (nSPS) is 12.3. The minimum Gasteiger partial charge on any atom is -0.348 e. The molecule has 0 bridgehead atoms. The quantitative estimate of drug-likeness (QED) is 0.0776. The van der Waals surface area contributed by atoms with Crippen molar-refractivity contribution in [1.82, 2.24) is 59.0 Å². The summed E-state index contributed by atoms with van der Waals surface area (Å²) >= 11 is 1.46. The number of hydrogen-bond donors (Lipinski definition) is 2. The third-order valence-corrected chi connectivity index (χ3v) is 12.2. The van der Waals surface area contributed by atoms with E-state index in [9.17, 15) is 13.0 Å². The third-order valence-electron chi connectivity index (χ3n) is 10.9. The average Bonchev–Trinajstić information content (AvgIpc) is 4.07. The molecule has 4 aromatic carbocycles. The predicted octanol–water partition coefficient (Wildman–Crippen LogP) is 10.7. The van der Waals surface area contributed by atoms with E-state index in [0.717, 1.165) is 16.7 Å². The molecule has 0 aliphatic rings. The van der Waals surface area contributed by atoms with Gasteiger partial charge in [-0.25, -0.2) is 48.7 Å². The van der Waals surface area contributed by atoms with Gasteiger partial charge in [-0.05, 0) is 104 Å². The van der Waals surface area contributed by atoms with Crippen molar-refractivity contribution in [1.29, 1.82) is 0 Å². The second-order valence-electron chi connectivity index (χ2n) is 15.8. The smallest absolute Gasteiger partial charge is 0.225 e. The molecular weight excluding hydrogens is 939 g/mol. The Hall–Kier alpha value is -8.42. The molecule has 0 spiro atoms. The standard InChI is InChI=1S/C26H22FN7OS.C26H22FN7S/c1-17(18-6-4-3-5-7-18)30-25-28-15-13-23(33-25)34-16-22(21-12-14-29-26(32-21)36(2)35)31-24(34)19-8-10-20(27)11-9-19;1-17(18-6-4-3-5-7-18)30-25-28-15-13-23(33-25)34-16-22(21-12-14-29-26(32-21)35-2)31-24(34)19-8-10-20(27)11-9-19/h3-17H,1-2H3,(H,28,30,33);3-17H,1-2H3,(H,28,30,33)/t17-,36?;17-/m00/s1. The highest BCUT2D eigenvalue weighted by Crippen LogP contribution is 2.30. The molecule has 0 saturated carbocycles. The Morgan fingerprint density at radius 1 is 0.507 bits per heavy atom. The van der Waals surface area contributed by atoms with Gasteiger partial charge in [0.15, 0.2) is 5.16 Å². The van der Waals surface area contributed by atoms with Crippen LogP contribution in [0.5, 0.6) is 0 Å². The van der Waals surface area contributed by atoms with Crippen LogP contribution in [0.25, 0.3) is 57.2 Å². The number of thioether (sulfide) groups is 1. The van der Waals surface area contributed by atoms with Crippen molar-refractivity contribution in [3.63, 3.8) is 0 Å². The van der Waals surface area contributed by atoms with Crippen LogP contribution in [0.15, 0.2) is 181 Å². The Labute approximate surface area is 414 Å². The van der Waals surface area contributed by atoms with Crippen LogP contribution in [0, 0.1) is 11.6 Å². The lowest BCUT2D eigenvalue weighted by atomic mass is 10.1. The van der Waals surface area contributed by atoms with Gasteiger partial charge in [0.1, 0.15) is 46.3 Å². The molecule has 0 amide bonds. The Balaban J connectivity index is 0.000000176. The summed E-state index contributed by atoms with van der Waals surface area (Å²) in [4.78, 5) is 45.1. The first-order valence-electron chi connectivity index (χ1n) is 22.1. The molecular formula is C52H44F2N14OS2. The fraction of sp³-hybridized carbons (Fsp3) is 0.115. The molecule has 0 aliphatic carbocycles. The van der Waals surface area contributed by atoms with Crippen molar-refractivity contribution < 1.29 is 13.0 Å². The number of aromatic nitrogens is 12. The summed E-state index contributed by atoms with van der Waals surface area (Å²) in [6.07, 6.45) is 13.7. The molecule has 10 rings (SSSR count). The molecule has 0 saturated heterocycles. The van der Waals surface area contributed by atoms with Crippen molar-refractivity contribution in [2.75, 3.05) is 23.1 Å². The number of benzene rings is 4. The predicted molar refractivity (Wildman–Crippen MR) is 272 cm³/mol. The molecule has 1 unspecified atom stereocenters. The summed E-state index contributed by atoms with van der Waals surface area (Å²) < 4.78 is 42.8. The highest BCUT2D eigenvalue weighted by Gasteiger charge is 2.19. The number of hydrogen-bond acceptors (Lipinski definition) is 14. The van der Waals surface area contributed by atoms with E-state index in [2.05, 4.69) is 59.6 Å². The van der Waals surface area contributed by atoms with E-state index in [-0.39, 0.29) is 28.9 Å². The highest BCUT2D eigenvalue weighted by molar-refractivity contribution is 7.98. The molecule has 71 heavy (non-hydrogen) atoms. The van der Waals surface area contributed by atoms with Gasteiger partial charge >= 0.3 is 0 Å². The number of rotatable bonds is 14. The highest BCUT2D eigenvalue weighted by atomic mass is 32.2. The van der Waals surface area contributed by atoms with E-state index in [1.54, 1.807) is 71.9 Å². The van der Waals surface area contributed by atoms with Crippen LogP contribution in [0.3, 0.4) is 0 Å². The summed E-state index contributed by atoms with van der Waals surface area (Å²) in [6.45, 7) is 4.10. The maximum Gasteiger partial charge on any atom is 0.225 e. The molecule has 10 aromatic rings. The van der Waals surface area contributed by atoms with Crippen molar-refractivity contribution in [3.8, 4) is 57.2 Å². The summed E-state index contributed by atoms with van der Waals surface area (Å²) in [5, 5.41) is 7.57. The summed E-state index contributed by atoms with van der Waals surface area (Å²) in [7, 11) is -1.34. The van der Waals surface area contributed by atoms with Gasteiger partial charge in [-0.15, -0.1) is 0 Å². The van der Waals surface area contributed by atoms with Gasteiger partial charge in [-0.1, -0.05) is 72.4 Å². The Morgan fingerprint density at radius 2 is 0.944 bits per heavy atom. The van der Waals surface area contributed by atoms with E-state index in [4.69, 9.17) is 19.9 Å². The molecule has 354 valence electrons. The van der Waals surface area contributed by atoms with Crippen LogP contribution in [0.4, 0.5) is 20.7 Å². The largest absolute Gasteiger partial charge is 0.348 e. The van der Waals surface area contributed by atoms with Gasteiger partial charge in [0.2, 0.25) is 17.1 Å². The first-order valence-corrected chi connectivity index (χ1v) is 24.9. The Morgan fingerprint density at radius 3 is 1.39 bits per heavy atom. The first kappa shape index (κ1) is 47.6. The molecule has 19 heteroatoms. The molecule has 3 atom stereocenters. The minimum atomic E-state index is -1.34. The van der Waals surface area contributed by atoms with Crippen molar-refractivity contribution in [2.45, 2.75) is 36.2 Å². The topological polar surface area (TPSA) is 180 Å². The zero-order valence-electron chi connectivity index (χ0n) is 38.7. The van der Waals surface area contributed by atoms with Gasteiger partial charge in [-0.2, -0.15) is 9.97 Å². The third kappa shape index (κ3) is 11.5. The second kappa shape index (κ2) is 21.9. The minimum absolute atomic E-state index is 0.00859.